The smallest absolute Gasteiger partial charge is 0.293 e. The zero-order valence-corrected chi connectivity index (χ0v) is 16.5. The lowest BCUT2D eigenvalue weighted by atomic mass is 10.0. The molecule has 2 fully saturated rings. The number of ether oxygens (including phenoxy) is 2. The minimum Gasteiger partial charge on any atom is -0.444 e. The molecule has 0 unspecified atom stereocenters. The van der Waals surface area contributed by atoms with E-state index in [1.54, 1.807) is 31.3 Å². The van der Waals surface area contributed by atoms with E-state index in [2.05, 4.69) is 15.9 Å². The zero-order valence-electron chi connectivity index (χ0n) is 14.9. The van der Waals surface area contributed by atoms with E-state index in [4.69, 9.17) is 13.9 Å². The number of carbonyl (C=O) groups excluding carboxylic acids is 1. The van der Waals surface area contributed by atoms with Gasteiger partial charge < -0.3 is 23.7 Å². The van der Waals surface area contributed by atoms with Crippen LogP contribution < -0.4 is 9.80 Å². The first-order chi connectivity index (χ1) is 13.0. The molecular weight excluding hydrogens is 419 g/mol. The first kappa shape index (κ1) is 18.5. The van der Waals surface area contributed by atoms with Gasteiger partial charge in [-0.25, -0.2) is 4.39 Å². The van der Waals surface area contributed by atoms with Crippen molar-refractivity contribution >= 4 is 33.2 Å². The highest BCUT2D eigenvalue weighted by Crippen LogP contribution is 2.38. The van der Waals surface area contributed by atoms with Crippen molar-refractivity contribution in [2.75, 3.05) is 43.2 Å². The topological polar surface area (TPSA) is 55.2 Å². The number of piperidine rings is 1. The van der Waals surface area contributed by atoms with Gasteiger partial charge in [-0.2, -0.15) is 0 Å². The van der Waals surface area contributed by atoms with Crippen LogP contribution in [0.15, 0.2) is 39.4 Å². The third-order valence-corrected chi connectivity index (χ3v) is 5.50. The Morgan fingerprint density at radius 3 is 2.52 bits per heavy atom. The van der Waals surface area contributed by atoms with E-state index in [9.17, 15) is 9.18 Å². The highest BCUT2D eigenvalue weighted by Gasteiger charge is 2.40. The first-order valence-electron chi connectivity index (χ1n) is 8.84. The standard InChI is InChI=1S/C19H20BrFN2O4/c1-22(18(24)15-5-6-16(20)27-15)14-4-2-3-13(21)17(14)23-9-7-19(8-10-23)25-11-12-26-19/h2-6H,7-12H2,1H3. The van der Waals surface area contributed by atoms with Crippen molar-refractivity contribution < 1.29 is 23.1 Å². The maximum absolute atomic E-state index is 14.8. The van der Waals surface area contributed by atoms with Crippen LogP contribution in [0.4, 0.5) is 15.8 Å². The van der Waals surface area contributed by atoms with Gasteiger partial charge in [-0.1, -0.05) is 6.07 Å². The Labute approximate surface area is 164 Å². The fourth-order valence-electron chi connectivity index (χ4n) is 3.65. The van der Waals surface area contributed by atoms with Crippen LogP contribution in [0, 0.1) is 5.82 Å². The minimum absolute atomic E-state index is 0.185. The van der Waals surface area contributed by atoms with Crippen molar-refractivity contribution in [2.24, 2.45) is 0 Å². The minimum atomic E-state index is -0.538. The summed E-state index contributed by atoms with van der Waals surface area (Å²) in [7, 11) is 1.62. The van der Waals surface area contributed by atoms with Crippen molar-refractivity contribution in [1.82, 2.24) is 0 Å². The zero-order chi connectivity index (χ0) is 19.0. The molecule has 1 amide bonds. The fraction of sp³-hybridized carbons (Fsp3) is 0.421. The van der Waals surface area contributed by atoms with Crippen molar-refractivity contribution in [1.29, 1.82) is 0 Å². The first-order valence-corrected chi connectivity index (χ1v) is 9.63. The summed E-state index contributed by atoms with van der Waals surface area (Å²) in [6, 6.07) is 7.99. The maximum Gasteiger partial charge on any atom is 0.293 e. The van der Waals surface area contributed by atoms with Gasteiger partial charge in [0.1, 0.15) is 5.82 Å². The lowest BCUT2D eigenvalue weighted by Gasteiger charge is -2.40. The highest BCUT2D eigenvalue weighted by atomic mass is 79.9. The lowest BCUT2D eigenvalue weighted by molar-refractivity contribution is -0.169. The molecule has 2 aliphatic rings. The summed E-state index contributed by atoms with van der Waals surface area (Å²) >= 11 is 3.19. The molecule has 0 radical (unpaired) electrons. The number of furan rings is 1. The Bertz CT molecular complexity index is 840. The average Bonchev–Trinajstić information content (AvgIpc) is 3.31. The molecule has 0 N–H and O–H groups in total. The molecule has 144 valence electrons. The summed E-state index contributed by atoms with van der Waals surface area (Å²) in [4.78, 5) is 16.1. The average molecular weight is 439 g/mol. The van der Waals surface area contributed by atoms with Crippen LogP contribution in [0.2, 0.25) is 0 Å². The van der Waals surface area contributed by atoms with Crippen LogP contribution in [0.25, 0.3) is 0 Å². The summed E-state index contributed by atoms with van der Waals surface area (Å²) in [5.74, 6) is -1.06. The molecule has 1 aromatic heterocycles. The molecule has 1 aromatic carbocycles. The summed E-state index contributed by atoms with van der Waals surface area (Å²) in [5, 5.41) is 0. The molecule has 27 heavy (non-hydrogen) atoms. The SMILES string of the molecule is CN(C(=O)c1ccc(Br)o1)c1cccc(F)c1N1CCC2(CC1)OCCO2. The Morgan fingerprint density at radius 1 is 1.19 bits per heavy atom. The molecule has 2 aliphatic heterocycles. The van der Waals surface area contributed by atoms with Crippen LogP contribution >= 0.6 is 15.9 Å². The number of hydrogen-bond acceptors (Lipinski definition) is 5. The second-order valence-corrected chi connectivity index (χ2v) is 7.45. The monoisotopic (exact) mass is 438 g/mol. The maximum atomic E-state index is 14.8. The Kier molecular flexibility index (Phi) is 4.96. The molecule has 3 heterocycles. The number of para-hydroxylation sites is 1. The van der Waals surface area contributed by atoms with Crippen molar-refractivity contribution in [3.05, 3.63) is 46.6 Å². The van der Waals surface area contributed by atoms with Crippen LogP contribution in [-0.4, -0.2) is 45.0 Å². The van der Waals surface area contributed by atoms with Gasteiger partial charge in [0.05, 0.1) is 24.6 Å². The Balaban J connectivity index is 1.59. The summed E-state index contributed by atoms with van der Waals surface area (Å²) in [5.41, 5.74) is 0.906. The van der Waals surface area contributed by atoms with E-state index < -0.39 is 5.79 Å². The Morgan fingerprint density at radius 2 is 1.89 bits per heavy atom. The summed E-state index contributed by atoms with van der Waals surface area (Å²) in [6.45, 7) is 2.37. The molecule has 6 nitrogen and oxygen atoms in total. The van der Waals surface area contributed by atoms with E-state index in [0.717, 1.165) is 0 Å². The van der Waals surface area contributed by atoms with E-state index in [1.807, 2.05) is 4.90 Å². The molecule has 0 atom stereocenters. The number of rotatable bonds is 3. The van der Waals surface area contributed by atoms with E-state index in [1.165, 1.54) is 11.0 Å². The van der Waals surface area contributed by atoms with Gasteiger partial charge in [-0.05, 0) is 40.2 Å². The predicted molar refractivity (Wildman–Crippen MR) is 102 cm³/mol. The Hall–Kier alpha value is -1.90. The quantitative estimate of drug-likeness (QED) is 0.729. The van der Waals surface area contributed by atoms with Gasteiger partial charge in [0.15, 0.2) is 16.2 Å². The van der Waals surface area contributed by atoms with E-state index in [-0.39, 0.29) is 17.5 Å². The fourth-order valence-corrected chi connectivity index (χ4v) is 3.95. The third-order valence-electron chi connectivity index (χ3n) is 5.07. The molecule has 4 rings (SSSR count). The number of amides is 1. The molecule has 1 spiro atoms. The normalized spacial score (nSPS) is 18.9. The van der Waals surface area contributed by atoms with Crippen LogP contribution in [-0.2, 0) is 9.47 Å². The van der Waals surface area contributed by atoms with Crippen molar-refractivity contribution in [2.45, 2.75) is 18.6 Å². The molecule has 2 saturated heterocycles. The van der Waals surface area contributed by atoms with Gasteiger partial charge in [0.2, 0.25) is 0 Å². The number of hydrogen-bond donors (Lipinski definition) is 0. The van der Waals surface area contributed by atoms with E-state index >= 15 is 0 Å². The van der Waals surface area contributed by atoms with Crippen LogP contribution in [0.1, 0.15) is 23.4 Å². The van der Waals surface area contributed by atoms with Crippen molar-refractivity contribution in [3.63, 3.8) is 0 Å². The second kappa shape index (κ2) is 7.26. The highest BCUT2D eigenvalue weighted by molar-refractivity contribution is 9.10. The molecule has 0 saturated carbocycles. The number of halogens is 2. The van der Waals surface area contributed by atoms with Gasteiger partial charge >= 0.3 is 0 Å². The van der Waals surface area contributed by atoms with E-state index in [0.29, 0.717) is 55.2 Å². The largest absolute Gasteiger partial charge is 0.444 e. The van der Waals surface area contributed by atoms with Gasteiger partial charge in [0.25, 0.3) is 5.91 Å². The summed E-state index contributed by atoms with van der Waals surface area (Å²) < 4.78 is 32.1. The van der Waals surface area contributed by atoms with Gasteiger partial charge in [-0.15, -0.1) is 0 Å². The van der Waals surface area contributed by atoms with Crippen LogP contribution in [0.5, 0.6) is 0 Å². The van der Waals surface area contributed by atoms with Crippen molar-refractivity contribution in [3.8, 4) is 0 Å². The summed E-state index contributed by atoms with van der Waals surface area (Å²) in [6.07, 6.45) is 1.31. The third kappa shape index (κ3) is 3.49. The van der Waals surface area contributed by atoms with Crippen LogP contribution in [0.3, 0.4) is 0 Å². The molecule has 2 aromatic rings. The number of anilines is 2. The lowest BCUT2D eigenvalue weighted by Crippen LogP contribution is -2.46. The molecule has 8 heteroatoms. The number of benzene rings is 1. The molecular formula is C19H20BrFN2O4. The molecule has 0 bridgehead atoms. The predicted octanol–water partition coefficient (Wildman–Crippen LogP) is 3.80. The van der Waals surface area contributed by atoms with Gasteiger partial charge in [0, 0.05) is 33.0 Å². The number of nitrogens with zero attached hydrogens (tertiary/aromatic N) is 2. The van der Waals surface area contributed by atoms with Gasteiger partial charge in [-0.3, -0.25) is 4.79 Å². The second-order valence-electron chi connectivity index (χ2n) is 6.67. The molecule has 0 aliphatic carbocycles. The number of carbonyl (C=O) groups is 1.